The summed E-state index contributed by atoms with van der Waals surface area (Å²) in [6, 6.07) is 0.578. The van der Waals surface area contributed by atoms with Gasteiger partial charge in [0.2, 0.25) is 0 Å². The van der Waals surface area contributed by atoms with E-state index in [9.17, 15) is 0 Å². The van der Waals surface area contributed by atoms with Crippen LogP contribution in [0, 0.1) is 11.8 Å². The Balaban J connectivity index is 2.14. The zero-order valence-corrected chi connectivity index (χ0v) is 11.8. The van der Waals surface area contributed by atoms with Crippen molar-refractivity contribution in [2.45, 2.75) is 72.8 Å². The van der Waals surface area contributed by atoms with Gasteiger partial charge >= 0.3 is 0 Å². The normalized spacial score (nSPS) is 22.8. The Hall–Kier alpha value is -0.460. The molecule has 1 fully saturated rings. The molecule has 0 saturated heterocycles. The Morgan fingerprint density at radius 2 is 1.94 bits per heavy atom. The van der Waals surface area contributed by atoms with Crippen LogP contribution in [0.1, 0.15) is 66.7 Å². The van der Waals surface area contributed by atoms with Crippen LogP contribution in [0.15, 0.2) is 11.3 Å². The summed E-state index contributed by atoms with van der Waals surface area (Å²) in [6.45, 7) is 11.3. The fraction of sp³-hybridized carbons (Fsp3) is 0.867. The molecule has 1 N–H and O–H groups in total. The first-order valence-corrected chi connectivity index (χ1v) is 6.97. The maximum atomic E-state index is 3.52. The predicted octanol–water partition coefficient (Wildman–Crippen LogP) is 4.49. The summed E-state index contributed by atoms with van der Waals surface area (Å²) < 4.78 is 0. The summed E-state index contributed by atoms with van der Waals surface area (Å²) in [5, 5.41) is 3.52. The van der Waals surface area contributed by atoms with Gasteiger partial charge in [-0.1, -0.05) is 33.1 Å². The number of nitrogens with one attached hydrogen (secondary N) is 1. The van der Waals surface area contributed by atoms with E-state index >= 15 is 0 Å². The van der Waals surface area contributed by atoms with E-state index < -0.39 is 0 Å². The average molecular weight is 223 g/mol. The van der Waals surface area contributed by atoms with Crippen LogP contribution in [0.5, 0.6) is 0 Å². The van der Waals surface area contributed by atoms with Gasteiger partial charge in [-0.2, -0.15) is 0 Å². The summed E-state index contributed by atoms with van der Waals surface area (Å²) >= 11 is 0. The quantitative estimate of drug-likeness (QED) is 0.627. The molecule has 0 spiro atoms. The third kappa shape index (κ3) is 5.05. The van der Waals surface area contributed by atoms with Gasteiger partial charge in [0, 0.05) is 11.7 Å². The van der Waals surface area contributed by atoms with Crippen LogP contribution in [0.25, 0.3) is 0 Å². The van der Waals surface area contributed by atoms with Gasteiger partial charge in [-0.25, -0.2) is 0 Å². The van der Waals surface area contributed by atoms with E-state index in [0.717, 1.165) is 11.8 Å². The van der Waals surface area contributed by atoms with E-state index in [0.29, 0.717) is 6.04 Å². The first-order chi connectivity index (χ1) is 7.50. The van der Waals surface area contributed by atoms with Gasteiger partial charge in [-0.15, -0.1) is 0 Å². The van der Waals surface area contributed by atoms with Gasteiger partial charge in [0.1, 0.15) is 0 Å². The fourth-order valence-corrected chi connectivity index (χ4v) is 2.41. The molecular weight excluding hydrogens is 194 g/mol. The summed E-state index contributed by atoms with van der Waals surface area (Å²) in [6.07, 6.45) is 7.00. The number of rotatable bonds is 7. The van der Waals surface area contributed by atoms with Crippen molar-refractivity contribution in [2.24, 2.45) is 11.8 Å². The Labute approximate surface area is 102 Å². The molecule has 1 unspecified atom stereocenters. The minimum atomic E-state index is 0.578. The molecule has 0 radical (unpaired) electrons. The topological polar surface area (TPSA) is 12.0 Å². The van der Waals surface area contributed by atoms with Gasteiger partial charge < -0.3 is 5.32 Å². The highest BCUT2D eigenvalue weighted by Crippen LogP contribution is 2.43. The lowest BCUT2D eigenvalue weighted by molar-refractivity contribution is 0.517. The molecule has 1 atom stereocenters. The molecule has 16 heavy (non-hydrogen) atoms. The number of hydrogen-bond acceptors (Lipinski definition) is 1. The first-order valence-electron chi connectivity index (χ1n) is 6.97. The molecule has 0 bridgehead atoms. The highest BCUT2D eigenvalue weighted by molar-refractivity contribution is 5.28. The summed E-state index contributed by atoms with van der Waals surface area (Å²) in [5.41, 5.74) is 3.14. The molecule has 94 valence electrons. The highest BCUT2D eigenvalue weighted by atomic mass is 14.9. The van der Waals surface area contributed by atoms with Crippen LogP contribution in [-0.4, -0.2) is 6.04 Å². The van der Waals surface area contributed by atoms with Crippen LogP contribution in [-0.2, 0) is 0 Å². The molecule has 0 aliphatic heterocycles. The second-order valence-corrected chi connectivity index (χ2v) is 6.03. The smallest absolute Gasteiger partial charge is 0.0201 e. The minimum absolute atomic E-state index is 0.578. The van der Waals surface area contributed by atoms with E-state index in [1.807, 2.05) is 0 Å². The van der Waals surface area contributed by atoms with Gasteiger partial charge in [0.05, 0.1) is 0 Å². The van der Waals surface area contributed by atoms with Gasteiger partial charge in [0.15, 0.2) is 0 Å². The number of hydrogen-bond donors (Lipinski definition) is 1. The van der Waals surface area contributed by atoms with Crippen molar-refractivity contribution in [3.05, 3.63) is 11.3 Å². The van der Waals surface area contributed by atoms with Crippen LogP contribution in [0.2, 0.25) is 0 Å². The van der Waals surface area contributed by atoms with E-state index in [1.54, 1.807) is 5.57 Å². The largest absolute Gasteiger partial charge is 0.386 e. The molecule has 1 aliphatic rings. The lowest BCUT2D eigenvalue weighted by Crippen LogP contribution is -2.20. The molecule has 0 heterocycles. The van der Waals surface area contributed by atoms with Crippen molar-refractivity contribution in [2.75, 3.05) is 0 Å². The van der Waals surface area contributed by atoms with Crippen LogP contribution in [0.3, 0.4) is 0 Å². The Kier molecular flexibility index (Phi) is 5.37. The SMILES string of the molecule is C/C(NC(C)C)=C1\CC1CCCCC(C)C. The molecular formula is C15H29N. The molecule has 1 saturated carbocycles. The fourth-order valence-electron chi connectivity index (χ4n) is 2.41. The number of unbranched alkanes of at least 4 members (excludes halogenated alkanes) is 1. The molecule has 1 heteroatoms. The van der Waals surface area contributed by atoms with E-state index in [4.69, 9.17) is 0 Å². The van der Waals surface area contributed by atoms with Gasteiger partial charge in [-0.05, 0) is 51.0 Å². The van der Waals surface area contributed by atoms with Crippen LogP contribution >= 0.6 is 0 Å². The summed E-state index contributed by atoms with van der Waals surface area (Å²) in [5.74, 6) is 1.79. The van der Waals surface area contributed by atoms with Gasteiger partial charge in [0.25, 0.3) is 0 Å². The van der Waals surface area contributed by atoms with Crippen molar-refractivity contribution < 1.29 is 0 Å². The zero-order chi connectivity index (χ0) is 12.1. The lowest BCUT2D eigenvalue weighted by Gasteiger charge is -2.09. The van der Waals surface area contributed by atoms with Crippen molar-refractivity contribution in [1.82, 2.24) is 5.32 Å². The van der Waals surface area contributed by atoms with E-state index in [1.165, 1.54) is 37.8 Å². The average Bonchev–Trinajstić information content (AvgIpc) is 2.90. The molecule has 1 nitrogen and oxygen atoms in total. The summed E-state index contributed by atoms with van der Waals surface area (Å²) in [4.78, 5) is 0. The third-order valence-corrected chi connectivity index (χ3v) is 3.37. The number of allylic oxidation sites excluding steroid dienone is 2. The lowest BCUT2D eigenvalue weighted by atomic mass is 10.0. The zero-order valence-electron chi connectivity index (χ0n) is 11.8. The molecule has 0 amide bonds. The Morgan fingerprint density at radius 3 is 2.50 bits per heavy atom. The minimum Gasteiger partial charge on any atom is -0.386 e. The van der Waals surface area contributed by atoms with E-state index in [-0.39, 0.29) is 0 Å². The first kappa shape index (κ1) is 13.6. The van der Waals surface area contributed by atoms with Crippen LogP contribution < -0.4 is 5.32 Å². The maximum Gasteiger partial charge on any atom is 0.0201 e. The third-order valence-electron chi connectivity index (χ3n) is 3.37. The monoisotopic (exact) mass is 223 g/mol. The van der Waals surface area contributed by atoms with Crippen LogP contribution in [0.4, 0.5) is 0 Å². The Morgan fingerprint density at radius 1 is 1.25 bits per heavy atom. The molecule has 1 rings (SSSR count). The molecule has 1 aliphatic carbocycles. The van der Waals surface area contributed by atoms with Crippen molar-refractivity contribution in [3.63, 3.8) is 0 Å². The second kappa shape index (κ2) is 6.32. The maximum absolute atomic E-state index is 3.52. The standard InChI is InChI=1S/C15H29N/c1-11(2)8-6-7-9-14-10-15(14)13(5)16-12(3)4/h11-12,14,16H,6-10H2,1-5H3/b15-13-. The van der Waals surface area contributed by atoms with Gasteiger partial charge in [-0.3, -0.25) is 0 Å². The predicted molar refractivity (Wildman–Crippen MR) is 72.4 cm³/mol. The van der Waals surface area contributed by atoms with Crippen molar-refractivity contribution >= 4 is 0 Å². The molecule has 0 aromatic heterocycles. The van der Waals surface area contributed by atoms with E-state index in [2.05, 4.69) is 39.9 Å². The Bertz CT molecular complexity index is 238. The van der Waals surface area contributed by atoms with Crippen molar-refractivity contribution in [1.29, 1.82) is 0 Å². The highest BCUT2D eigenvalue weighted by Gasteiger charge is 2.30. The van der Waals surface area contributed by atoms with Crippen molar-refractivity contribution in [3.8, 4) is 0 Å². The molecule has 0 aromatic carbocycles. The molecule has 0 aromatic rings. The summed E-state index contributed by atoms with van der Waals surface area (Å²) in [7, 11) is 0. The second-order valence-electron chi connectivity index (χ2n) is 6.03.